The third-order valence-corrected chi connectivity index (χ3v) is 2.96. The van der Waals surface area contributed by atoms with E-state index in [1.165, 1.54) is 12.3 Å². The highest BCUT2D eigenvalue weighted by Gasteiger charge is 2.18. The van der Waals surface area contributed by atoms with E-state index in [1.54, 1.807) is 13.0 Å². The number of carbonyl (C=O) groups is 3. The van der Waals surface area contributed by atoms with Crippen molar-refractivity contribution in [3.8, 4) is 0 Å². The van der Waals surface area contributed by atoms with Gasteiger partial charge in [-0.25, -0.2) is 0 Å². The molecule has 0 saturated heterocycles. The van der Waals surface area contributed by atoms with Gasteiger partial charge < -0.3 is 20.2 Å². The fourth-order valence-corrected chi connectivity index (χ4v) is 1.64. The van der Waals surface area contributed by atoms with E-state index < -0.39 is 17.9 Å². The Hall–Kier alpha value is -2.31. The maximum atomic E-state index is 11.8. The normalized spacial score (nSPS) is 13.2. The summed E-state index contributed by atoms with van der Waals surface area (Å²) >= 11 is 0. The van der Waals surface area contributed by atoms with Crippen LogP contribution in [-0.4, -0.2) is 35.5 Å². The van der Waals surface area contributed by atoms with Gasteiger partial charge in [0.25, 0.3) is 5.91 Å². The Morgan fingerprint density at radius 1 is 1.33 bits per heavy atom. The molecular formula is C14H20N2O5. The van der Waals surface area contributed by atoms with E-state index in [2.05, 4.69) is 10.6 Å². The lowest BCUT2D eigenvalue weighted by molar-refractivity contribution is -0.137. The number of aliphatic carboxylic acids is 1. The number of rotatable bonds is 8. The number of amides is 2. The first-order valence-corrected chi connectivity index (χ1v) is 6.74. The predicted molar refractivity (Wildman–Crippen MR) is 74.7 cm³/mol. The summed E-state index contributed by atoms with van der Waals surface area (Å²) in [4.78, 5) is 33.9. The average Bonchev–Trinajstić information content (AvgIpc) is 2.96. The fourth-order valence-electron chi connectivity index (χ4n) is 1.64. The summed E-state index contributed by atoms with van der Waals surface area (Å²) in [6, 6.07) is 2.40. The number of carbonyl (C=O) groups excluding carboxylic acids is 2. The third kappa shape index (κ3) is 6.11. The minimum atomic E-state index is -0.854. The molecule has 1 rings (SSSR count). The van der Waals surface area contributed by atoms with Crippen LogP contribution in [0, 0.1) is 5.92 Å². The molecule has 0 aliphatic heterocycles. The van der Waals surface area contributed by atoms with Crippen LogP contribution in [-0.2, 0) is 9.59 Å². The van der Waals surface area contributed by atoms with Crippen LogP contribution in [0.25, 0.3) is 0 Å². The molecule has 7 nitrogen and oxygen atoms in total. The largest absolute Gasteiger partial charge is 0.481 e. The number of hydrogen-bond donors (Lipinski definition) is 3. The zero-order valence-electron chi connectivity index (χ0n) is 12.1. The van der Waals surface area contributed by atoms with Crippen molar-refractivity contribution >= 4 is 17.8 Å². The van der Waals surface area contributed by atoms with E-state index in [0.29, 0.717) is 13.0 Å². The maximum absolute atomic E-state index is 11.8. The first kappa shape index (κ1) is 16.7. The number of carboxylic acid groups (broad SMARTS) is 1. The number of hydrogen-bond acceptors (Lipinski definition) is 4. The summed E-state index contributed by atoms with van der Waals surface area (Å²) in [5, 5.41) is 13.8. The molecule has 0 saturated carbocycles. The molecule has 0 bridgehead atoms. The van der Waals surface area contributed by atoms with Gasteiger partial charge in [-0.05, 0) is 31.4 Å². The Labute approximate surface area is 122 Å². The Bertz CT molecular complexity index is 484. The molecule has 21 heavy (non-hydrogen) atoms. The van der Waals surface area contributed by atoms with Crippen LogP contribution >= 0.6 is 0 Å². The van der Waals surface area contributed by atoms with Gasteiger partial charge in [0.05, 0.1) is 6.26 Å². The quantitative estimate of drug-likeness (QED) is 0.663. The smallest absolute Gasteiger partial charge is 0.303 e. The van der Waals surface area contributed by atoms with Crippen LogP contribution < -0.4 is 10.6 Å². The van der Waals surface area contributed by atoms with E-state index in [1.807, 2.05) is 6.92 Å². The van der Waals surface area contributed by atoms with Crippen LogP contribution in [0.5, 0.6) is 0 Å². The van der Waals surface area contributed by atoms with Gasteiger partial charge in [0, 0.05) is 13.0 Å². The van der Waals surface area contributed by atoms with Crippen molar-refractivity contribution in [3.63, 3.8) is 0 Å². The van der Waals surface area contributed by atoms with Gasteiger partial charge in [-0.3, -0.25) is 14.4 Å². The SMILES string of the molecule is CC(CCC(=O)O)CNC(=O)C(C)NC(=O)c1ccco1. The molecular weight excluding hydrogens is 276 g/mol. The summed E-state index contributed by atoms with van der Waals surface area (Å²) in [7, 11) is 0. The lowest BCUT2D eigenvalue weighted by atomic mass is 10.1. The topological polar surface area (TPSA) is 109 Å². The molecule has 0 fully saturated rings. The van der Waals surface area contributed by atoms with Crippen LogP contribution in [0.3, 0.4) is 0 Å². The molecule has 3 N–H and O–H groups in total. The van der Waals surface area contributed by atoms with Crippen molar-refractivity contribution in [2.24, 2.45) is 5.92 Å². The molecule has 0 aliphatic carbocycles. The Morgan fingerprint density at radius 3 is 2.62 bits per heavy atom. The van der Waals surface area contributed by atoms with Crippen molar-refractivity contribution in [1.82, 2.24) is 10.6 Å². The summed E-state index contributed by atoms with van der Waals surface area (Å²) in [5.74, 6) is -1.44. The van der Waals surface area contributed by atoms with Crippen molar-refractivity contribution < 1.29 is 23.9 Å². The second-order valence-electron chi connectivity index (χ2n) is 4.96. The van der Waals surface area contributed by atoms with Gasteiger partial charge in [-0.2, -0.15) is 0 Å². The average molecular weight is 296 g/mol. The molecule has 1 aromatic heterocycles. The number of furan rings is 1. The predicted octanol–water partition coefficient (Wildman–Crippen LogP) is 1.01. The molecule has 2 amide bonds. The molecule has 116 valence electrons. The number of nitrogens with one attached hydrogen (secondary N) is 2. The molecule has 2 atom stereocenters. The van der Waals surface area contributed by atoms with Crippen LogP contribution in [0.4, 0.5) is 0 Å². The summed E-state index contributed by atoms with van der Waals surface area (Å²) in [5.41, 5.74) is 0. The first-order chi connectivity index (χ1) is 9.90. The Morgan fingerprint density at radius 2 is 2.05 bits per heavy atom. The summed E-state index contributed by atoms with van der Waals surface area (Å²) in [6.07, 6.45) is 1.94. The Kier molecular flexibility index (Phi) is 6.45. The summed E-state index contributed by atoms with van der Waals surface area (Å²) in [6.45, 7) is 3.79. The lowest BCUT2D eigenvalue weighted by Crippen LogP contribution is -2.45. The highest BCUT2D eigenvalue weighted by molar-refractivity contribution is 5.95. The molecule has 0 spiro atoms. The standard InChI is InChI=1S/C14H20N2O5/c1-9(5-6-12(17)18)8-15-13(19)10(2)16-14(20)11-4-3-7-21-11/h3-4,7,9-10H,5-6,8H2,1-2H3,(H,15,19)(H,16,20)(H,17,18). The number of carboxylic acids is 1. The Balaban J connectivity index is 2.31. The van der Waals surface area contributed by atoms with E-state index in [0.717, 1.165) is 0 Å². The van der Waals surface area contributed by atoms with E-state index in [4.69, 9.17) is 9.52 Å². The lowest BCUT2D eigenvalue weighted by Gasteiger charge is -2.16. The zero-order chi connectivity index (χ0) is 15.8. The zero-order valence-corrected chi connectivity index (χ0v) is 12.1. The molecule has 0 aromatic carbocycles. The minimum Gasteiger partial charge on any atom is -0.481 e. The van der Waals surface area contributed by atoms with Crippen molar-refractivity contribution in [3.05, 3.63) is 24.2 Å². The van der Waals surface area contributed by atoms with Crippen molar-refractivity contribution in [1.29, 1.82) is 0 Å². The molecule has 1 heterocycles. The molecule has 7 heteroatoms. The fraction of sp³-hybridized carbons (Fsp3) is 0.500. The minimum absolute atomic E-state index is 0.0537. The van der Waals surface area contributed by atoms with Gasteiger partial charge in [-0.15, -0.1) is 0 Å². The highest BCUT2D eigenvalue weighted by Crippen LogP contribution is 2.04. The molecule has 0 aliphatic rings. The molecule has 2 unspecified atom stereocenters. The van der Waals surface area contributed by atoms with E-state index >= 15 is 0 Å². The van der Waals surface area contributed by atoms with Crippen molar-refractivity contribution in [2.75, 3.05) is 6.54 Å². The third-order valence-electron chi connectivity index (χ3n) is 2.96. The van der Waals surface area contributed by atoms with Crippen LogP contribution in [0.2, 0.25) is 0 Å². The second kappa shape index (κ2) is 8.08. The van der Waals surface area contributed by atoms with Gasteiger partial charge in [0.2, 0.25) is 5.91 Å². The van der Waals surface area contributed by atoms with E-state index in [-0.39, 0.29) is 24.0 Å². The first-order valence-electron chi connectivity index (χ1n) is 6.74. The second-order valence-corrected chi connectivity index (χ2v) is 4.96. The van der Waals surface area contributed by atoms with Crippen LogP contribution in [0.1, 0.15) is 37.2 Å². The van der Waals surface area contributed by atoms with Gasteiger partial charge in [0.1, 0.15) is 6.04 Å². The molecule has 0 radical (unpaired) electrons. The molecule has 1 aromatic rings. The van der Waals surface area contributed by atoms with Crippen molar-refractivity contribution in [2.45, 2.75) is 32.7 Å². The van der Waals surface area contributed by atoms with Crippen LogP contribution in [0.15, 0.2) is 22.8 Å². The summed E-state index contributed by atoms with van der Waals surface area (Å²) < 4.78 is 4.93. The maximum Gasteiger partial charge on any atom is 0.303 e. The van der Waals surface area contributed by atoms with Gasteiger partial charge in [-0.1, -0.05) is 6.92 Å². The highest BCUT2D eigenvalue weighted by atomic mass is 16.4. The van der Waals surface area contributed by atoms with E-state index in [9.17, 15) is 14.4 Å². The van der Waals surface area contributed by atoms with Gasteiger partial charge >= 0.3 is 5.97 Å². The van der Waals surface area contributed by atoms with Gasteiger partial charge in [0.15, 0.2) is 5.76 Å². The monoisotopic (exact) mass is 296 g/mol.